The third-order valence-corrected chi connectivity index (χ3v) is 2.45. The fourth-order valence-corrected chi connectivity index (χ4v) is 1.52. The molecule has 1 rings (SSSR count). The van der Waals surface area contributed by atoms with Gasteiger partial charge in [-0.25, -0.2) is 4.39 Å². The second-order valence-electron chi connectivity index (χ2n) is 3.60. The summed E-state index contributed by atoms with van der Waals surface area (Å²) in [6, 6.07) is 5.19. The zero-order valence-corrected chi connectivity index (χ0v) is 10.0. The van der Waals surface area contributed by atoms with Crippen LogP contribution >= 0.6 is 0 Å². The van der Waals surface area contributed by atoms with Gasteiger partial charge in [0.15, 0.2) is 11.6 Å². The molecule has 0 unspecified atom stereocenters. The van der Waals surface area contributed by atoms with Crippen LogP contribution in [0.3, 0.4) is 0 Å². The van der Waals surface area contributed by atoms with Crippen LogP contribution in [0, 0.1) is 5.82 Å². The Morgan fingerprint density at radius 3 is 2.88 bits per heavy atom. The van der Waals surface area contributed by atoms with Crippen LogP contribution in [0.1, 0.15) is 18.9 Å². The molecular formula is C13H18FNO. The summed E-state index contributed by atoms with van der Waals surface area (Å²) in [7, 11) is 3.37. The number of ether oxygens (including phenoxy) is 1. The van der Waals surface area contributed by atoms with Gasteiger partial charge in [0, 0.05) is 5.56 Å². The highest BCUT2D eigenvalue weighted by atomic mass is 19.1. The molecule has 1 aromatic carbocycles. The van der Waals surface area contributed by atoms with Crippen LogP contribution in [0.4, 0.5) is 4.39 Å². The minimum atomic E-state index is -0.289. The SMILES string of the molecule is CNCC/C=C(/C)c1cccc(OC)c1F. The maximum absolute atomic E-state index is 13.9. The molecule has 0 aliphatic heterocycles. The van der Waals surface area contributed by atoms with Gasteiger partial charge in [-0.3, -0.25) is 0 Å². The van der Waals surface area contributed by atoms with Crippen molar-refractivity contribution in [1.29, 1.82) is 0 Å². The molecule has 0 fully saturated rings. The quantitative estimate of drug-likeness (QED) is 0.775. The Bertz CT molecular complexity index is 374. The molecule has 1 aromatic rings. The maximum atomic E-state index is 13.9. The molecule has 0 bridgehead atoms. The first-order valence-electron chi connectivity index (χ1n) is 5.35. The summed E-state index contributed by atoms with van der Waals surface area (Å²) in [6.07, 6.45) is 2.91. The number of allylic oxidation sites excluding steroid dienone is 1. The summed E-state index contributed by atoms with van der Waals surface area (Å²) in [6.45, 7) is 2.80. The highest BCUT2D eigenvalue weighted by Gasteiger charge is 2.08. The zero-order valence-electron chi connectivity index (χ0n) is 10.0. The molecule has 2 nitrogen and oxygen atoms in total. The standard InChI is InChI=1S/C13H18FNO/c1-10(6-5-9-15-2)11-7-4-8-12(16-3)13(11)14/h4,6-8,15H,5,9H2,1-3H3/b10-6-. The molecule has 0 radical (unpaired) electrons. The van der Waals surface area contributed by atoms with Crippen LogP contribution in [0.25, 0.3) is 5.57 Å². The Balaban J connectivity index is 2.90. The molecule has 0 aliphatic carbocycles. The smallest absolute Gasteiger partial charge is 0.172 e. The molecule has 16 heavy (non-hydrogen) atoms. The lowest BCUT2D eigenvalue weighted by Crippen LogP contribution is -2.06. The maximum Gasteiger partial charge on any atom is 0.172 e. The average molecular weight is 223 g/mol. The van der Waals surface area contributed by atoms with Crippen LogP contribution in [0.15, 0.2) is 24.3 Å². The Hall–Kier alpha value is -1.35. The lowest BCUT2D eigenvalue weighted by molar-refractivity contribution is 0.386. The molecule has 88 valence electrons. The van der Waals surface area contributed by atoms with Crippen molar-refractivity contribution in [2.24, 2.45) is 0 Å². The number of halogens is 1. The third kappa shape index (κ3) is 3.07. The zero-order chi connectivity index (χ0) is 12.0. The van der Waals surface area contributed by atoms with Gasteiger partial charge in [-0.15, -0.1) is 0 Å². The predicted octanol–water partition coefficient (Wildman–Crippen LogP) is 2.85. The van der Waals surface area contributed by atoms with Crippen LogP contribution in [-0.4, -0.2) is 20.7 Å². The van der Waals surface area contributed by atoms with E-state index in [0.717, 1.165) is 18.5 Å². The Kier molecular flexibility index (Phi) is 4.99. The number of benzene rings is 1. The molecule has 0 amide bonds. The highest BCUT2D eigenvalue weighted by Crippen LogP contribution is 2.25. The molecule has 0 aromatic heterocycles. The van der Waals surface area contributed by atoms with Crippen LogP contribution < -0.4 is 10.1 Å². The largest absolute Gasteiger partial charge is 0.494 e. The van der Waals surface area contributed by atoms with Crippen molar-refractivity contribution >= 4 is 5.57 Å². The van der Waals surface area contributed by atoms with Gasteiger partial charge in [-0.1, -0.05) is 18.2 Å². The van der Waals surface area contributed by atoms with Crippen LogP contribution in [0.2, 0.25) is 0 Å². The van der Waals surface area contributed by atoms with Gasteiger partial charge in [0.2, 0.25) is 0 Å². The molecule has 0 saturated heterocycles. The first kappa shape index (κ1) is 12.7. The van der Waals surface area contributed by atoms with Gasteiger partial charge in [-0.2, -0.15) is 0 Å². The number of nitrogens with one attached hydrogen (secondary N) is 1. The van der Waals surface area contributed by atoms with E-state index in [1.165, 1.54) is 7.11 Å². The van der Waals surface area contributed by atoms with Gasteiger partial charge in [0.05, 0.1) is 7.11 Å². The second kappa shape index (κ2) is 6.28. The van der Waals surface area contributed by atoms with Crippen LogP contribution in [-0.2, 0) is 0 Å². The van der Waals surface area contributed by atoms with Crippen molar-refractivity contribution in [3.63, 3.8) is 0 Å². The van der Waals surface area contributed by atoms with E-state index in [0.29, 0.717) is 11.3 Å². The summed E-state index contributed by atoms with van der Waals surface area (Å²) in [5.74, 6) is 0.00192. The number of hydrogen-bond donors (Lipinski definition) is 1. The van der Waals surface area contributed by atoms with E-state index in [9.17, 15) is 4.39 Å². The van der Waals surface area contributed by atoms with Gasteiger partial charge in [0.1, 0.15) is 0 Å². The Labute approximate surface area is 96.1 Å². The molecule has 0 aliphatic rings. The van der Waals surface area contributed by atoms with Crippen molar-refractivity contribution in [3.8, 4) is 5.75 Å². The summed E-state index contributed by atoms with van der Waals surface area (Å²) in [5, 5.41) is 3.05. The van der Waals surface area contributed by atoms with E-state index in [4.69, 9.17) is 4.74 Å². The van der Waals surface area contributed by atoms with Gasteiger partial charge < -0.3 is 10.1 Å². The van der Waals surface area contributed by atoms with E-state index in [-0.39, 0.29) is 5.82 Å². The second-order valence-corrected chi connectivity index (χ2v) is 3.60. The minimum Gasteiger partial charge on any atom is -0.494 e. The topological polar surface area (TPSA) is 21.3 Å². The lowest BCUT2D eigenvalue weighted by atomic mass is 10.1. The molecular weight excluding hydrogens is 205 g/mol. The fourth-order valence-electron chi connectivity index (χ4n) is 1.52. The molecule has 0 heterocycles. The Morgan fingerprint density at radius 2 is 2.25 bits per heavy atom. The minimum absolute atomic E-state index is 0.289. The highest BCUT2D eigenvalue weighted by molar-refractivity contribution is 5.65. The lowest BCUT2D eigenvalue weighted by Gasteiger charge is -2.07. The van der Waals surface area contributed by atoms with E-state index >= 15 is 0 Å². The molecule has 0 spiro atoms. The monoisotopic (exact) mass is 223 g/mol. The van der Waals surface area contributed by atoms with Crippen LogP contribution in [0.5, 0.6) is 5.75 Å². The normalized spacial score (nSPS) is 11.6. The first-order valence-corrected chi connectivity index (χ1v) is 5.35. The first-order chi connectivity index (χ1) is 7.70. The van der Waals surface area contributed by atoms with Crippen molar-refractivity contribution in [2.75, 3.05) is 20.7 Å². The average Bonchev–Trinajstić information content (AvgIpc) is 2.29. The van der Waals surface area contributed by atoms with Crippen molar-refractivity contribution < 1.29 is 9.13 Å². The summed E-state index contributed by atoms with van der Waals surface area (Å²) >= 11 is 0. The molecule has 0 atom stereocenters. The number of rotatable bonds is 5. The van der Waals surface area contributed by atoms with Gasteiger partial charge in [0.25, 0.3) is 0 Å². The van der Waals surface area contributed by atoms with E-state index in [1.807, 2.05) is 20.0 Å². The van der Waals surface area contributed by atoms with Gasteiger partial charge in [-0.05, 0) is 38.6 Å². The van der Waals surface area contributed by atoms with Crippen molar-refractivity contribution in [3.05, 3.63) is 35.7 Å². The van der Waals surface area contributed by atoms with E-state index in [1.54, 1.807) is 18.2 Å². The number of methoxy groups -OCH3 is 1. The fraction of sp³-hybridized carbons (Fsp3) is 0.385. The summed E-state index contributed by atoms with van der Waals surface area (Å²) in [4.78, 5) is 0. The molecule has 3 heteroatoms. The van der Waals surface area contributed by atoms with Crippen molar-refractivity contribution in [2.45, 2.75) is 13.3 Å². The van der Waals surface area contributed by atoms with E-state index < -0.39 is 0 Å². The van der Waals surface area contributed by atoms with Gasteiger partial charge >= 0.3 is 0 Å². The molecule has 1 N–H and O–H groups in total. The third-order valence-electron chi connectivity index (χ3n) is 2.45. The summed E-state index contributed by atoms with van der Waals surface area (Å²) in [5.41, 5.74) is 1.54. The molecule has 0 saturated carbocycles. The summed E-state index contributed by atoms with van der Waals surface area (Å²) < 4.78 is 18.8. The van der Waals surface area contributed by atoms with Crippen molar-refractivity contribution in [1.82, 2.24) is 5.32 Å². The number of hydrogen-bond acceptors (Lipinski definition) is 2. The Morgan fingerprint density at radius 1 is 1.50 bits per heavy atom. The predicted molar refractivity (Wildman–Crippen MR) is 65.1 cm³/mol. The van der Waals surface area contributed by atoms with E-state index in [2.05, 4.69) is 5.32 Å².